The van der Waals surface area contributed by atoms with Crippen LogP contribution in [-0.4, -0.2) is 30.7 Å². The highest BCUT2D eigenvalue weighted by Gasteiger charge is 2.22. The average Bonchev–Trinajstić information content (AvgIpc) is 2.70. The molecule has 0 unspecified atom stereocenters. The van der Waals surface area contributed by atoms with Crippen LogP contribution in [-0.2, 0) is 10.0 Å². The van der Waals surface area contributed by atoms with Gasteiger partial charge in [-0.1, -0.05) is 41.4 Å². The normalized spacial score (nSPS) is 10.3. The molecular weight excluding hydrogens is 388 g/mol. The maximum absolute atomic E-state index is 12.9. The Kier molecular flexibility index (Phi) is 7.17. The van der Waals surface area contributed by atoms with Gasteiger partial charge in [-0.15, -0.1) is 12.3 Å². The van der Waals surface area contributed by atoms with Gasteiger partial charge < -0.3 is 0 Å². The van der Waals surface area contributed by atoms with Gasteiger partial charge in [-0.05, 0) is 32.0 Å². The molecule has 0 aromatic heterocycles. The lowest BCUT2D eigenvalue weighted by atomic mass is 10.1. The fraction of sp³-hybridized carbons (Fsp3) is 0.182. The Bertz CT molecular complexity index is 1190. The Morgan fingerprint density at radius 1 is 1.07 bits per heavy atom. The summed E-state index contributed by atoms with van der Waals surface area (Å²) in [7, 11) is -3.79. The summed E-state index contributed by atoms with van der Waals surface area (Å²) in [5.74, 6) is 13.3. The highest BCUT2D eigenvalue weighted by Crippen LogP contribution is 2.17. The Labute approximate surface area is 170 Å². The minimum absolute atomic E-state index is 0.0219. The Morgan fingerprint density at radius 2 is 1.69 bits per heavy atom. The molecule has 0 spiro atoms. The first-order valence-electron chi connectivity index (χ1n) is 8.49. The molecule has 0 aliphatic heterocycles. The Hall–Kier alpha value is -3.57. The highest BCUT2D eigenvalue weighted by molar-refractivity contribution is 7.89. The minimum atomic E-state index is -3.79. The molecule has 2 aromatic rings. The van der Waals surface area contributed by atoms with Crippen LogP contribution in [0.15, 0.2) is 47.4 Å². The van der Waals surface area contributed by atoms with Crippen molar-refractivity contribution in [2.45, 2.75) is 18.7 Å². The van der Waals surface area contributed by atoms with Gasteiger partial charge in [-0.3, -0.25) is 10.1 Å². The maximum Gasteiger partial charge on any atom is 0.271 e. The van der Waals surface area contributed by atoms with Gasteiger partial charge in [-0.25, -0.2) is 8.42 Å². The van der Waals surface area contributed by atoms with E-state index in [1.54, 1.807) is 19.1 Å². The van der Waals surface area contributed by atoms with Gasteiger partial charge >= 0.3 is 0 Å². The molecular formula is C22H18N2O4S. The molecule has 0 heterocycles. The van der Waals surface area contributed by atoms with E-state index in [9.17, 15) is 18.5 Å². The molecule has 0 radical (unpaired) electrons. The molecule has 0 aliphatic rings. The zero-order valence-electron chi connectivity index (χ0n) is 16.0. The van der Waals surface area contributed by atoms with Crippen molar-refractivity contribution in [3.05, 3.63) is 69.3 Å². The first-order valence-corrected chi connectivity index (χ1v) is 9.93. The number of non-ortho nitro benzene ring substituents is 1. The number of nitro benzene ring substituents is 1. The molecule has 2 rings (SSSR count). The summed E-state index contributed by atoms with van der Waals surface area (Å²) in [5.41, 5.74) is 1.43. The lowest BCUT2D eigenvalue weighted by Crippen LogP contribution is -2.32. The summed E-state index contributed by atoms with van der Waals surface area (Å²) < 4.78 is 27.0. The molecule has 0 amide bonds. The van der Waals surface area contributed by atoms with E-state index in [0.717, 1.165) is 9.87 Å². The van der Waals surface area contributed by atoms with Gasteiger partial charge in [0.25, 0.3) is 5.69 Å². The molecule has 0 atom stereocenters. The third-order valence-electron chi connectivity index (χ3n) is 3.87. The van der Waals surface area contributed by atoms with Crippen LogP contribution in [0.4, 0.5) is 5.69 Å². The van der Waals surface area contributed by atoms with Crippen molar-refractivity contribution in [3.8, 4) is 36.0 Å². The first-order chi connectivity index (χ1) is 13.8. The van der Waals surface area contributed by atoms with Gasteiger partial charge in [0, 0.05) is 23.3 Å². The standard InChI is InChI=1S/C22H18N2O4S/c1-4-6-13-23(29(27,28)22-11-9-18(3)10-12-22)14-7-8-20-15-19(5-2)16-21(17-20)24(25)26/h2,9-12,15-17H,13-14H2,1,3H3. The van der Waals surface area contributed by atoms with Crippen LogP contribution in [0, 0.1) is 53.1 Å². The monoisotopic (exact) mass is 406 g/mol. The summed E-state index contributed by atoms with van der Waals surface area (Å²) in [4.78, 5) is 10.6. The van der Waals surface area contributed by atoms with Crippen LogP contribution in [0.2, 0.25) is 0 Å². The van der Waals surface area contributed by atoms with Crippen LogP contribution in [0.25, 0.3) is 0 Å². The number of benzene rings is 2. The molecule has 0 bridgehead atoms. The summed E-state index contributed by atoms with van der Waals surface area (Å²) in [6, 6.07) is 10.6. The van der Waals surface area contributed by atoms with Crippen LogP contribution in [0.1, 0.15) is 23.6 Å². The lowest BCUT2D eigenvalue weighted by Gasteiger charge is -2.17. The van der Waals surface area contributed by atoms with Crippen LogP contribution >= 0.6 is 0 Å². The summed E-state index contributed by atoms with van der Waals surface area (Å²) >= 11 is 0. The summed E-state index contributed by atoms with van der Waals surface area (Å²) in [6.45, 7) is 3.34. The van der Waals surface area contributed by atoms with Crippen molar-refractivity contribution in [2.24, 2.45) is 0 Å². The molecule has 0 N–H and O–H groups in total. The zero-order chi connectivity index (χ0) is 21.4. The number of hydrogen-bond donors (Lipinski definition) is 0. The number of hydrogen-bond acceptors (Lipinski definition) is 4. The van der Waals surface area contributed by atoms with E-state index in [1.165, 1.54) is 30.3 Å². The average molecular weight is 406 g/mol. The third-order valence-corrected chi connectivity index (χ3v) is 5.68. The third kappa shape index (κ3) is 5.70. The molecule has 0 saturated carbocycles. The van der Waals surface area contributed by atoms with Crippen molar-refractivity contribution >= 4 is 15.7 Å². The van der Waals surface area contributed by atoms with Crippen molar-refractivity contribution in [3.63, 3.8) is 0 Å². The number of sulfonamides is 1. The van der Waals surface area contributed by atoms with Crippen LogP contribution < -0.4 is 0 Å². The van der Waals surface area contributed by atoms with E-state index in [4.69, 9.17) is 6.42 Å². The van der Waals surface area contributed by atoms with Gasteiger partial charge in [-0.2, -0.15) is 4.31 Å². The minimum Gasteiger partial charge on any atom is -0.258 e. The number of nitro groups is 1. The van der Waals surface area contributed by atoms with E-state index in [2.05, 4.69) is 29.6 Å². The van der Waals surface area contributed by atoms with E-state index < -0.39 is 14.9 Å². The van der Waals surface area contributed by atoms with Crippen LogP contribution in [0.5, 0.6) is 0 Å². The molecule has 7 heteroatoms. The predicted octanol–water partition coefficient (Wildman–Crippen LogP) is 2.95. The molecule has 146 valence electrons. The molecule has 29 heavy (non-hydrogen) atoms. The largest absolute Gasteiger partial charge is 0.271 e. The number of nitrogens with zero attached hydrogens (tertiary/aromatic N) is 2. The first kappa shape index (κ1) is 21.7. The smallest absolute Gasteiger partial charge is 0.258 e. The Morgan fingerprint density at radius 3 is 2.28 bits per heavy atom. The molecule has 2 aromatic carbocycles. The SMILES string of the molecule is C#Cc1cc(C#CCN(CC#CC)S(=O)(=O)c2ccc(C)cc2)cc([N+](=O)[O-])c1. The van der Waals surface area contributed by atoms with E-state index >= 15 is 0 Å². The maximum atomic E-state index is 12.9. The van der Waals surface area contributed by atoms with Gasteiger partial charge in [0.2, 0.25) is 10.0 Å². The number of terminal acetylenes is 1. The molecule has 0 aliphatic carbocycles. The highest BCUT2D eigenvalue weighted by atomic mass is 32.2. The topological polar surface area (TPSA) is 80.5 Å². The predicted molar refractivity (Wildman–Crippen MR) is 111 cm³/mol. The van der Waals surface area contributed by atoms with Gasteiger partial charge in [0.15, 0.2) is 0 Å². The second-order valence-corrected chi connectivity index (χ2v) is 7.92. The number of aryl methyl sites for hydroxylation is 1. The van der Waals surface area contributed by atoms with Gasteiger partial charge in [0.05, 0.1) is 22.9 Å². The van der Waals surface area contributed by atoms with E-state index in [0.29, 0.717) is 11.1 Å². The summed E-state index contributed by atoms with van der Waals surface area (Å²) in [5, 5.41) is 11.0. The summed E-state index contributed by atoms with van der Waals surface area (Å²) in [6.07, 6.45) is 5.33. The van der Waals surface area contributed by atoms with Crippen molar-refractivity contribution < 1.29 is 13.3 Å². The molecule has 0 fully saturated rings. The van der Waals surface area contributed by atoms with Gasteiger partial charge in [0.1, 0.15) is 0 Å². The quantitative estimate of drug-likeness (QED) is 0.434. The van der Waals surface area contributed by atoms with E-state index in [-0.39, 0.29) is 23.7 Å². The Balaban J connectivity index is 2.35. The van der Waals surface area contributed by atoms with Crippen molar-refractivity contribution in [1.29, 1.82) is 0 Å². The zero-order valence-corrected chi connectivity index (χ0v) is 16.8. The number of rotatable bonds is 5. The second-order valence-electron chi connectivity index (χ2n) is 5.98. The fourth-order valence-electron chi connectivity index (χ4n) is 2.35. The lowest BCUT2D eigenvalue weighted by molar-refractivity contribution is -0.384. The van der Waals surface area contributed by atoms with Crippen molar-refractivity contribution in [2.75, 3.05) is 13.1 Å². The van der Waals surface area contributed by atoms with Crippen LogP contribution in [0.3, 0.4) is 0 Å². The van der Waals surface area contributed by atoms with E-state index in [1.807, 2.05) is 6.92 Å². The molecule has 0 saturated heterocycles. The fourth-order valence-corrected chi connectivity index (χ4v) is 3.60. The second kappa shape index (κ2) is 9.57. The molecule has 6 nitrogen and oxygen atoms in total. The van der Waals surface area contributed by atoms with Crippen molar-refractivity contribution in [1.82, 2.24) is 4.31 Å².